The van der Waals surface area contributed by atoms with Gasteiger partial charge in [-0.15, -0.1) is 0 Å². The van der Waals surface area contributed by atoms with Crippen LogP contribution in [0.5, 0.6) is 0 Å². The molecule has 3 rings (SSSR count). The molecule has 0 radical (unpaired) electrons. The third kappa shape index (κ3) is 5.52. The molecule has 1 saturated heterocycles. The van der Waals surface area contributed by atoms with Crippen molar-refractivity contribution in [2.24, 2.45) is 5.73 Å². The third-order valence-electron chi connectivity index (χ3n) is 4.40. The van der Waals surface area contributed by atoms with E-state index >= 15 is 0 Å². The highest BCUT2D eigenvalue weighted by Gasteiger charge is 2.34. The second-order valence-corrected chi connectivity index (χ2v) is 7.56. The fraction of sp³-hybridized carbons (Fsp3) is 0.286. The molecule has 0 spiro atoms. The number of benzene rings is 1. The first-order chi connectivity index (χ1) is 13.9. The molecule has 152 valence electrons. The summed E-state index contributed by atoms with van der Waals surface area (Å²) >= 11 is 1.47. The summed E-state index contributed by atoms with van der Waals surface area (Å²) in [6.07, 6.45) is 0.0414. The zero-order chi connectivity index (χ0) is 20.8. The number of amides is 1. The van der Waals surface area contributed by atoms with Crippen LogP contribution in [0.25, 0.3) is 0 Å². The fourth-order valence-electron chi connectivity index (χ4n) is 2.83. The van der Waals surface area contributed by atoms with Gasteiger partial charge in [0.1, 0.15) is 12.6 Å². The molecule has 0 saturated carbocycles. The summed E-state index contributed by atoms with van der Waals surface area (Å²) in [5.41, 5.74) is 7.66. The van der Waals surface area contributed by atoms with Crippen molar-refractivity contribution in [3.63, 3.8) is 0 Å². The maximum absolute atomic E-state index is 12.6. The lowest BCUT2D eigenvalue weighted by atomic mass is 10.1. The van der Waals surface area contributed by atoms with Gasteiger partial charge in [0.05, 0.1) is 6.42 Å². The lowest BCUT2D eigenvalue weighted by Crippen LogP contribution is -2.61. The number of hydrogen-bond acceptors (Lipinski definition) is 7. The van der Waals surface area contributed by atoms with Crippen molar-refractivity contribution < 1.29 is 23.9 Å². The van der Waals surface area contributed by atoms with E-state index in [0.29, 0.717) is 12.1 Å². The molecule has 1 aromatic carbocycles. The predicted molar refractivity (Wildman–Crippen MR) is 108 cm³/mol. The minimum absolute atomic E-state index is 0.0414. The van der Waals surface area contributed by atoms with Gasteiger partial charge in [0.25, 0.3) is 0 Å². The lowest BCUT2D eigenvalue weighted by molar-refractivity contribution is -0.152. The number of rotatable bonds is 8. The Hall–Kier alpha value is -2.97. The smallest absolute Gasteiger partial charge is 0.374 e. The average Bonchev–Trinajstić information content (AvgIpc) is 3.23. The van der Waals surface area contributed by atoms with Gasteiger partial charge in [0.2, 0.25) is 11.7 Å². The van der Waals surface area contributed by atoms with Crippen LogP contribution >= 0.6 is 11.3 Å². The molecule has 29 heavy (non-hydrogen) atoms. The maximum atomic E-state index is 12.6. The molecule has 1 aromatic heterocycles. The van der Waals surface area contributed by atoms with E-state index in [2.05, 4.69) is 0 Å². The van der Waals surface area contributed by atoms with Gasteiger partial charge in [-0.25, -0.2) is 4.79 Å². The summed E-state index contributed by atoms with van der Waals surface area (Å²) in [4.78, 5) is 38.3. The van der Waals surface area contributed by atoms with E-state index in [1.54, 1.807) is 6.92 Å². The van der Waals surface area contributed by atoms with E-state index in [4.69, 9.17) is 15.2 Å². The molecule has 0 aliphatic carbocycles. The molecule has 2 aromatic rings. The number of β-lactam (4-membered cyclic amide) rings is 1. The highest BCUT2D eigenvalue weighted by atomic mass is 32.1. The number of likely N-dealkylation sites (tertiary alicyclic amines) is 1. The third-order valence-corrected chi connectivity index (χ3v) is 5.14. The van der Waals surface area contributed by atoms with Crippen molar-refractivity contribution in [3.05, 3.63) is 69.6 Å². The Kier molecular flexibility index (Phi) is 6.79. The molecular formula is C21H22N2O5S. The van der Waals surface area contributed by atoms with E-state index in [9.17, 15) is 14.4 Å². The second-order valence-electron chi connectivity index (χ2n) is 6.78. The largest absolute Gasteiger partial charge is 0.455 e. The van der Waals surface area contributed by atoms with Crippen LogP contribution in [0.3, 0.4) is 0 Å². The number of esters is 2. The van der Waals surface area contributed by atoms with Crippen LogP contribution in [-0.4, -0.2) is 41.9 Å². The Balaban J connectivity index is 1.70. The Morgan fingerprint density at radius 3 is 2.59 bits per heavy atom. The monoisotopic (exact) mass is 414 g/mol. The van der Waals surface area contributed by atoms with E-state index in [1.807, 2.05) is 47.2 Å². The van der Waals surface area contributed by atoms with Crippen LogP contribution < -0.4 is 5.73 Å². The van der Waals surface area contributed by atoms with Crippen LogP contribution in [0, 0.1) is 0 Å². The molecule has 2 N–H and O–H groups in total. The van der Waals surface area contributed by atoms with Gasteiger partial charge in [-0.05, 0) is 40.5 Å². The molecule has 1 atom stereocenters. The number of thiophene rings is 1. The number of ether oxygens (including phenoxy) is 2. The van der Waals surface area contributed by atoms with Crippen LogP contribution in [-0.2, 0) is 36.9 Å². The molecule has 1 aliphatic rings. The number of carbonyl (C=O) groups is 3. The Morgan fingerprint density at radius 1 is 1.21 bits per heavy atom. The molecule has 1 amide bonds. The summed E-state index contributed by atoms with van der Waals surface area (Å²) < 4.78 is 10.7. The Labute approximate surface area is 172 Å². The fourth-order valence-corrected chi connectivity index (χ4v) is 3.50. The van der Waals surface area contributed by atoms with Crippen LogP contribution in [0.4, 0.5) is 0 Å². The van der Waals surface area contributed by atoms with Crippen molar-refractivity contribution in [3.8, 4) is 0 Å². The maximum Gasteiger partial charge on any atom is 0.374 e. The zero-order valence-electron chi connectivity index (χ0n) is 16.0. The minimum atomic E-state index is -0.748. The van der Waals surface area contributed by atoms with E-state index in [-0.39, 0.29) is 31.2 Å². The molecule has 2 heterocycles. The van der Waals surface area contributed by atoms with Crippen molar-refractivity contribution in [2.45, 2.75) is 26.0 Å². The number of nitrogens with two attached hydrogens (primary N) is 1. The van der Waals surface area contributed by atoms with E-state index < -0.39 is 18.0 Å². The first-order valence-corrected chi connectivity index (χ1v) is 10.0. The molecular weight excluding hydrogens is 392 g/mol. The standard InChI is InChI=1S/C21H22N2O5S/c1-14(10-23-11-17(22)20(23)25)19(28-18(24)9-16-7-8-29-13-16)21(26)27-12-15-5-3-2-4-6-15/h2-8,13,17H,9-12,22H2,1H3/t17-/m0/s1. The summed E-state index contributed by atoms with van der Waals surface area (Å²) in [5, 5.41) is 3.70. The number of hydrogen-bond donors (Lipinski definition) is 1. The minimum Gasteiger partial charge on any atom is -0.455 e. The van der Waals surface area contributed by atoms with Crippen LogP contribution in [0.1, 0.15) is 18.1 Å². The first kappa shape index (κ1) is 20.8. The molecule has 0 unspecified atom stereocenters. The van der Waals surface area contributed by atoms with Gasteiger partial charge in [-0.2, -0.15) is 11.3 Å². The predicted octanol–water partition coefficient (Wildman–Crippen LogP) is 2.02. The summed E-state index contributed by atoms with van der Waals surface area (Å²) in [7, 11) is 0. The van der Waals surface area contributed by atoms with Crippen molar-refractivity contribution in [1.82, 2.24) is 4.90 Å². The molecule has 0 bridgehead atoms. The van der Waals surface area contributed by atoms with Crippen molar-refractivity contribution >= 4 is 29.2 Å². The SMILES string of the molecule is CC(CN1C[C@H](N)C1=O)=C(OC(=O)Cc1ccsc1)C(=O)OCc1ccccc1. The lowest BCUT2D eigenvalue weighted by Gasteiger charge is -2.36. The van der Waals surface area contributed by atoms with Gasteiger partial charge in [-0.1, -0.05) is 30.3 Å². The Morgan fingerprint density at radius 2 is 1.97 bits per heavy atom. The molecule has 1 aliphatic heterocycles. The molecule has 8 heteroatoms. The highest BCUT2D eigenvalue weighted by molar-refractivity contribution is 7.08. The van der Waals surface area contributed by atoms with Crippen LogP contribution in [0.2, 0.25) is 0 Å². The quantitative estimate of drug-likeness (QED) is 0.307. The average molecular weight is 414 g/mol. The first-order valence-electron chi connectivity index (χ1n) is 9.11. The van der Waals surface area contributed by atoms with E-state index in [1.165, 1.54) is 16.2 Å². The van der Waals surface area contributed by atoms with Gasteiger partial charge in [0.15, 0.2) is 0 Å². The van der Waals surface area contributed by atoms with Crippen LogP contribution in [0.15, 0.2) is 58.5 Å². The Bertz CT molecular complexity index is 908. The topological polar surface area (TPSA) is 98.9 Å². The van der Waals surface area contributed by atoms with Gasteiger partial charge in [-0.3, -0.25) is 9.59 Å². The van der Waals surface area contributed by atoms with Gasteiger partial charge in [0, 0.05) is 13.1 Å². The highest BCUT2D eigenvalue weighted by Crippen LogP contribution is 2.17. The normalized spacial score (nSPS) is 16.7. The molecule has 1 fully saturated rings. The second kappa shape index (κ2) is 9.49. The van der Waals surface area contributed by atoms with E-state index in [0.717, 1.165) is 11.1 Å². The summed E-state index contributed by atoms with van der Waals surface area (Å²) in [5.74, 6) is -1.70. The van der Waals surface area contributed by atoms with Crippen molar-refractivity contribution in [2.75, 3.05) is 13.1 Å². The summed E-state index contributed by atoms with van der Waals surface area (Å²) in [6, 6.07) is 10.5. The number of carbonyl (C=O) groups excluding carboxylic acids is 3. The summed E-state index contributed by atoms with van der Waals surface area (Å²) in [6.45, 7) is 2.22. The van der Waals surface area contributed by atoms with Gasteiger partial charge < -0.3 is 20.1 Å². The zero-order valence-corrected chi connectivity index (χ0v) is 16.8. The van der Waals surface area contributed by atoms with Crippen molar-refractivity contribution in [1.29, 1.82) is 0 Å². The number of nitrogens with zero attached hydrogens (tertiary/aromatic N) is 1. The molecule has 7 nitrogen and oxygen atoms in total. The van der Waals surface area contributed by atoms with Gasteiger partial charge >= 0.3 is 11.9 Å².